The fourth-order valence-corrected chi connectivity index (χ4v) is 2.90. The van der Waals surface area contributed by atoms with Crippen molar-refractivity contribution in [1.82, 2.24) is 9.80 Å². The Hall–Kier alpha value is -0.160. The number of rotatable bonds is 6. The van der Waals surface area contributed by atoms with Crippen LogP contribution in [-0.4, -0.2) is 75.0 Å². The van der Waals surface area contributed by atoms with Gasteiger partial charge < -0.3 is 14.4 Å². The van der Waals surface area contributed by atoms with Crippen molar-refractivity contribution in [1.29, 1.82) is 0 Å². The molecule has 2 aliphatic heterocycles. The standard InChI is InChI=1S/C15H30N2O2/c1-14(2)17-5-3-15(4-6-17)13-19-12-9-16-7-10-18-11-8-16/h14-15H,3-13H2,1-2H3. The maximum absolute atomic E-state index is 5.87. The number of morpholine rings is 1. The van der Waals surface area contributed by atoms with Crippen LogP contribution in [0.3, 0.4) is 0 Å². The lowest BCUT2D eigenvalue weighted by Crippen LogP contribution is -2.40. The highest BCUT2D eigenvalue weighted by atomic mass is 16.5. The maximum atomic E-state index is 5.87. The molecule has 4 heteroatoms. The first-order chi connectivity index (χ1) is 9.25. The van der Waals surface area contributed by atoms with E-state index < -0.39 is 0 Å². The predicted octanol–water partition coefficient (Wildman–Crippen LogP) is 1.46. The molecule has 0 aromatic carbocycles. The normalized spacial score (nSPS) is 24.2. The molecule has 19 heavy (non-hydrogen) atoms. The molecule has 0 aromatic rings. The highest BCUT2D eigenvalue weighted by Crippen LogP contribution is 2.19. The third kappa shape index (κ3) is 5.38. The minimum atomic E-state index is 0.697. The Kier molecular flexibility index (Phi) is 6.57. The van der Waals surface area contributed by atoms with Gasteiger partial charge in [0.05, 0.1) is 19.8 Å². The van der Waals surface area contributed by atoms with Crippen molar-refractivity contribution in [3.8, 4) is 0 Å². The van der Waals surface area contributed by atoms with E-state index in [4.69, 9.17) is 9.47 Å². The van der Waals surface area contributed by atoms with Crippen LogP contribution in [0, 0.1) is 5.92 Å². The summed E-state index contributed by atoms with van der Waals surface area (Å²) in [6.07, 6.45) is 2.60. The summed E-state index contributed by atoms with van der Waals surface area (Å²) in [6, 6.07) is 0.697. The molecule has 112 valence electrons. The van der Waals surface area contributed by atoms with Gasteiger partial charge in [-0.25, -0.2) is 0 Å². The first-order valence-electron chi connectivity index (χ1n) is 7.87. The fourth-order valence-electron chi connectivity index (χ4n) is 2.90. The fraction of sp³-hybridized carbons (Fsp3) is 1.00. The molecule has 2 saturated heterocycles. The van der Waals surface area contributed by atoms with E-state index >= 15 is 0 Å². The number of nitrogens with zero attached hydrogens (tertiary/aromatic N) is 2. The molecule has 2 aliphatic rings. The Morgan fingerprint density at radius 1 is 1.11 bits per heavy atom. The topological polar surface area (TPSA) is 24.9 Å². The monoisotopic (exact) mass is 270 g/mol. The van der Waals surface area contributed by atoms with E-state index in [0.29, 0.717) is 6.04 Å². The second-order valence-electron chi connectivity index (χ2n) is 6.10. The lowest BCUT2D eigenvalue weighted by Gasteiger charge is -2.34. The molecule has 2 heterocycles. The Morgan fingerprint density at radius 3 is 2.42 bits per heavy atom. The van der Waals surface area contributed by atoms with Crippen LogP contribution in [0.5, 0.6) is 0 Å². The Bertz CT molecular complexity index is 234. The van der Waals surface area contributed by atoms with E-state index in [1.165, 1.54) is 25.9 Å². The first kappa shape index (κ1) is 15.2. The van der Waals surface area contributed by atoms with Gasteiger partial charge in [-0.1, -0.05) is 0 Å². The van der Waals surface area contributed by atoms with Gasteiger partial charge in [-0.15, -0.1) is 0 Å². The SMILES string of the molecule is CC(C)N1CCC(COCCN2CCOCC2)CC1. The predicted molar refractivity (Wildman–Crippen MR) is 77.5 cm³/mol. The molecule has 2 fully saturated rings. The van der Waals surface area contributed by atoms with Gasteiger partial charge in [0.2, 0.25) is 0 Å². The summed E-state index contributed by atoms with van der Waals surface area (Å²) in [4.78, 5) is 5.01. The second kappa shape index (κ2) is 8.20. The van der Waals surface area contributed by atoms with Crippen LogP contribution in [-0.2, 0) is 9.47 Å². The zero-order valence-corrected chi connectivity index (χ0v) is 12.6. The minimum absolute atomic E-state index is 0.697. The number of hydrogen-bond acceptors (Lipinski definition) is 4. The van der Waals surface area contributed by atoms with Crippen molar-refractivity contribution >= 4 is 0 Å². The van der Waals surface area contributed by atoms with Crippen molar-refractivity contribution in [2.75, 3.05) is 59.2 Å². The smallest absolute Gasteiger partial charge is 0.0594 e. The lowest BCUT2D eigenvalue weighted by atomic mass is 9.97. The molecule has 0 N–H and O–H groups in total. The van der Waals surface area contributed by atoms with Crippen LogP contribution >= 0.6 is 0 Å². The highest BCUT2D eigenvalue weighted by molar-refractivity contribution is 4.74. The van der Waals surface area contributed by atoms with E-state index in [1.54, 1.807) is 0 Å². The molecular formula is C15H30N2O2. The average molecular weight is 270 g/mol. The van der Waals surface area contributed by atoms with Gasteiger partial charge >= 0.3 is 0 Å². The zero-order valence-electron chi connectivity index (χ0n) is 12.6. The van der Waals surface area contributed by atoms with E-state index in [-0.39, 0.29) is 0 Å². The third-order valence-corrected chi connectivity index (χ3v) is 4.39. The summed E-state index contributed by atoms with van der Waals surface area (Å²) in [5.41, 5.74) is 0. The summed E-state index contributed by atoms with van der Waals surface area (Å²) >= 11 is 0. The Morgan fingerprint density at radius 2 is 1.79 bits per heavy atom. The van der Waals surface area contributed by atoms with Crippen molar-refractivity contribution in [3.63, 3.8) is 0 Å². The van der Waals surface area contributed by atoms with Gasteiger partial charge in [0.15, 0.2) is 0 Å². The van der Waals surface area contributed by atoms with E-state index in [1.807, 2.05) is 0 Å². The molecule has 4 nitrogen and oxygen atoms in total. The van der Waals surface area contributed by atoms with E-state index in [9.17, 15) is 0 Å². The Balaban J connectivity index is 1.49. The molecule has 2 rings (SSSR count). The molecule has 0 radical (unpaired) electrons. The highest BCUT2D eigenvalue weighted by Gasteiger charge is 2.20. The Labute approximate surface area is 118 Å². The molecule has 0 aromatic heterocycles. The minimum Gasteiger partial charge on any atom is -0.380 e. The first-order valence-corrected chi connectivity index (χ1v) is 7.87. The summed E-state index contributed by atoms with van der Waals surface area (Å²) in [6.45, 7) is 13.9. The van der Waals surface area contributed by atoms with Crippen LogP contribution in [0.2, 0.25) is 0 Å². The zero-order chi connectivity index (χ0) is 13.5. The van der Waals surface area contributed by atoms with Crippen LogP contribution in [0.4, 0.5) is 0 Å². The van der Waals surface area contributed by atoms with E-state index in [2.05, 4.69) is 23.6 Å². The van der Waals surface area contributed by atoms with Crippen LogP contribution < -0.4 is 0 Å². The molecule has 0 bridgehead atoms. The van der Waals surface area contributed by atoms with Crippen LogP contribution in [0.15, 0.2) is 0 Å². The molecule has 0 amide bonds. The third-order valence-electron chi connectivity index (χ3n) is 4.39. The van der Waals surface area contributed by atoms with Crippen molar-refractivity contribution < 1.29 is 9.47 Å². The van der Waals surface area contributed by atoms with Crippen molar-refractivity contribution in [2.45, 2.75) is 32.7 Å². The number of hydrogen-bond donors (Lipinski definition) is 0. The summed E-state index contributed by atoms with van der Waals surface area (Å²) in [5, 5.41) is 0. The maximum Gasteiger partial charge on any atom is 0.0594 e. The number of likely N-dealkylation sites (tertiary alicyclic amines) is 1. The lowest BCUT2D eigenvalue weighted by molar-refractivity contribution is 0.0100. The number of ether oxygens (including phenoxy) is 2. The van der Waals surface area contributed by atoms with Gasteiger partial charge in [0.25, 0.3) is 0 Å². The van der Waals surface area contributed by atoms with Crippen LogP contribution in [0.1, 0.15) is 26.7 Å². The summed E-state index contributed by atoms with van der Waals surface area (Å²) < 4.78 is 11.2. The molecule has 0 atom stereocenters. The quantitative estimate of drug-likeness (QED) is 0.682. The van der Waals surface area contributed by atoms with Gasteiger partial charge in [0, 0.05) is 32.3 Å². The molecule has 0 saturated carbocycles. The average Bonchev–Trinajstić information content (AvgIpc) is 2.45. The second-order valence-corrected chi connectivity index (χ2v) is 6.10. The number of piperidine rings is 1. The summed E-state index contributed by atoms with van der Waals surface area (Å²) in [7, 11) is 0. The molecular weight excluding hydrogens is 240 g/mol. The van der Waals surface area contributed by atoms with Gasteiger partial charge in [-0.05, 0) is 45.7 Å². The molecule has 0 aliphatic carbocycles. The van der Waals surface area contributed by atoms with Gasteiger partial charge in [-0.3, -0.25) is 4.90 Å². The van der Waals surface area contributed by atoms with Crippen molar-refractivity contribution in [3.05, 3.63) is 0 Å². The van der Waals surface area contributed by atoms with Crippen molar-refractivity contribution in [2.24, 2.45) is 5.92 Å². The molecule has 0 unspecified atom stereocenters. The largest absolute Gasteiger partial charge is 0.380 e. The van der Waals surface area contributed by atoms with Gasteiger partial charge in [-0.2, -0.15) is 0 Å². The van der Waals surface area contributed by atoms with E-state index in [0.717, 1.165) is 52.0 Å². The van der Waals surface area contributed by atoms with Crippen LogP contribution in [0.25, 0.3) is 0 Å². The summed E-state index contributed by atoms with van der Waals surface area (Å²) in [5.74, 6) is 0.777. The van der Waals surface area contributed by atoms with Gasteiger partial charge in [0.1, 0.15) is 0 Å². The molecule has 0 spiro atoms.